The fourth-order valence-corrected chi connectivity index (χ4v) is 3.73. The zero-order valence-corrected chi connectivity index (χ0v) is 11.8. The number of rotatable bonds is 5. The second-order valence-electron chi connectivity index (χ2n) is 3.66. The van der Waals surface area contributed by atoms with E-state index < -0.39 is 5.97 Å². The van der Waals surface area contributed by atoms with Crippen LogP contribution in [0.25, 0.3) is 0 Å². The highest BCUT2D eigenvalue weighted by Gasteiger charge is 2.07. The standard InChI is InChI=1S/C13H11ClO2S2/c14-11-4-2-1-3-9(11)7-17-8-10-5-6-12(18-10)13(15)16/h1-6H,7-8H2,(H,15,16). The van der Waals surface area contributed by atoms with Gasteiger partial charge in [-0.1, -0.05) is 29.8 Å². The zero-order chi connectivity index (χ0) is 13.0. The van der Waals surface area contributed by atoms with Crippen LogP contribution in [0.3, 0.4) is 0 Å². The summed E-state index contributed by atoms with van der Waals surface area (Å²) in [7, 11) is 0. The average Bonchev–Trinajstić information content (AvgIpc) is 2.80. The Hall–Kier alpha value is -0.970. The smallest absolute Gasteiger partial charge is 0.345 e. The minimum Gasteiger partial charge on any atom is -0.477 e. The van der Waals surface area contributed by atoms with E-state index in [1.807, 2.05) is 30.3 Å². The molecule has 2 aromatic rings. The highest BCUT2D eigenvalue weighted by atomic mass is 35.5. The van der Waals surface area contributed by atoms with Crippen molar-refractivity contribution in [3.05, 3.63) is 56.7 Å². The summed E-state index contributed by atoms with van der Waals surface area (Å²) in [6.45, 7) is 0. The molecule has 94 valence electrons. The number of halogens is 1. The molecule has 0 bridgehead atoms. The monoisotopic (exact) mass is 298 g/mol. The van der Waals surface area contributed by atoms with Crippen molar-refractivity contribution in [1.82, 2.24) is 0 Å². The molecule has 2 rings (SSSR count). The summed E-state index contributed by atoms with van der Waals surface area (Å²) >= 11 is 9.12. The number of thioether (sulfide) groups is 1. The molecule has 5 heteroatoms. The third-order valence-electron chi connectivity index (χ3n) is 2.33. The lowest BCUT2D eigenvalue weighted by atomic mass is 10.2. The molecule has 1 N–H and O–H groups in total. The molecule has 0 radical (unpaired) electrons. The van der Waals surface area contributed by atoms with Gasteiger partial charge in [0.05, 0.1) is 0 Å². The van der Waals surface area contributed by atoms with E-state index in [1.54, 1.807) is 17.8 Å². The highest BCUT2D eigenvalue weighted by molar-refractivity contribution is 7.97. The van der Waals surface area contributed by atoms with E-state index in [1.165, 1.54) is 11.3 Å². The second-order valence-corrected chi connectivity index (χ2v) is 6.22. The van der Waals surface area contributed by atoms with Gasteiger partial charge in [0.25, 0.3) is 0 Å². The van der Waals surface area contributed by atoms with Gasteiger partial charge in [0, 0.05) is 21.4 Å². The summed E-state index contributed by atoms with van der Waals surface area (Å²) in [5.74, 6) is 0.783. The van der Waals surface area contributed by atoms with Gasteiger partial charge in [-0.2, -0.15) is 11.8 Å². The van der Waals surface area contributed by atoms with Crippen molar-refractivity contribution in [2.45, 2.75) is 11.5 Å². The van der Waals surface area contributed by atoms with Gasteiger partial charge < -0.3 is 5.11 Å². The van der Waals surface area contributed by atoms with Crippen molar-refractivity contribution in [2.75, 3.05) is 0 Å². The van der Waals surface area contributed by atoms with Gasteiger partial charge in [0.1, 0.15) is 4.88 Å². The van der Waals surface area contributed by atoms with Crippen LogP contribution in [0.15, 0.2) is 36.4 Å². The lowest BCUT2D eigenvalue weighted by molar-refractivity contribution is 0.0702. The fourth-order valence-electron chi connectivity index (χ4n) is 1.45. The van der Waals surface area contributed by atoms with E-state index in [4.69, 9.17) is 16.7 Å². The number of benzene rings is 1. The summed E-state index contributed by atoms with van der Waals surface area (Å²) in [6.07, 6.45) is 0. The van der Waals surface area contributed by atoms with Crippen LogP contribution in [0.2, 0.25) is 5.02 Å². The van der Waals surface area contributed by atoms with E-state index in [9.17, 15) is 4.79 Å². The van der Waals surface area contributed by atoms with Crippen molar-refractivity contribution >= 4 is 40.7 Å². The Morgan fingerprint density at radius 2 is 2.00 bits per heavy atom. The van der Waals surface area contributed by atoms with Crippen molar-refractivity contribution in [3.63, 3.8) is 0 Å². The van der Waals surface area contributed by atoms with Crippen LogP contribution in [0.4, 0.5) is 0 Å². The number of thiophene rings is 1. The van der Waals surface area contributed by atoms with Crippen LogP contribution in [-0.2, 0) is 11.5 Å². The second kappa shape index (κ2) is 6.27. The Morgan fingerprint density at radius 3 is 2.67 bits per heavy atom. The van der Waals surface area contributed by atoms with Gasteiger partial charge >= 0.3 is 5.97 Å². The van der Waals surface area contributed by atoms with Crippen molar-refractivity contribution in [3.8, 4) is 0 Å². The van der Waals surface area contributed by atoms with Crippen LogP contribution in [0, 0.1) is 0 Å². The molecule has 0 unspecified atom stereocenters. The first-order valence-corrected chi connectivity index (χ1v) is 7.65. The molecule has 0 saturated heterocycles. The first-order chi connectivity index (χ1) is 8.66. The van der Waals surface area contributed by atoms with Crippen LogP contribution in [0.5, 0.6) is 0 Å². The van der Waals surface area contributed by atoms with Gasteiger partial charge in [-0.25, -0.2) is 4.79 Å². The lowest BCUT2D eigenvalue weighted by Crippen LogP contribution is -1.89. The molecule has 1 aromatic carbocycles. The summed E-state index contributed by atoms with van der Waals surface area (Å²) in [4.78, 5) is 12.2. The van der Waals surface area contributed by atoms with Crippen LogP contribution in [-0.4, -0.2) is 11.1 Å². The minimum atomic E-state index is -0.859. The molecule has 1 heterocycles. The van der Waals surface area contributed by atoms with Gasteiger partial charge in [-0.15, -0.1) is 11.3 Å². The summed E-state index contributed by atoms with van der Waals surface area (Å²) in [5, 5.41) is 9.60. The Kier molecular flexibility index (Phi) is 4.69. The minimum absolute atomic E-state index is 0.392. The van der Waals surface area contributed by atoms with E-state index in [2.05, 4.69) is 0 Å². The molecule has 0 aliphatic rings. The van der Waals surface area contributed by atoms with Crippen molar-refractivity contribution in [2.24, 2.45) is 0 Å². The Morgan fingerprint density at radius 1 is 1.22 bits per heavy atom. The molecular weight excluding hydrogens is 288 g/mol. The predicted molar refractivity (Wildman–Crippen MR) is 77.7 cm³/mol. The van der Waals surface area contributed by atoms with Gasteiger partial charge in [-0.05, 0) is 23.8 Å². The average molecular weight is 299 g/mol. The quantitative estimate of drug-likeness (QED) is 0.881. The molecule has 0 aliphatic heterocycles. The van der Waals surface area contributed by atoms with E-state index >= 15 is 0 Å². The summed E-state index contributed by atoms with van der Waals surface area (Å²) in [6, 6.07) is 11.3. The number of carboxylic acid groups (broad SMARTS) is 1. The molecule has 18 heavy (non-hydrogen) atoms. The molecule has 0 spiro atoms. The first-order valence-electron chi connectivity index (χ1n) is 5.30. The van der Waals surface area contributed by atoms with Crippen molar-refractivity contribution < 1.29 is 9.90 Å². The molecule has 1 aromatic heterocycles. The van der Waals surface area contributed by atoms with E-state index in [0.717, 1.165) is 27.0 Å². The zero-order valence-electron chi connectivity index (χ0n) is 9.43. The number of carbonyl (C=O) groups is 1. The normalized spacial score (nSPS) is 10.5. The third-order valence-corrected chi connectivity index (χ3v) is 4.99. The topological polar surface area (TPSA) is 37.3 Å². The van der Waals surface area contributed by atoms with E-state index in [0.29, 0.717) is 4.88 Å². The Labute approximate surface area is 119 Å². The van der Waals surface area contributed by atoms with Crippen LogP contribution >= 0.6 is 34.7 Å². The summed E-state index contributed by atoms with van der Waals surface area (Å²) < 4.78 is 0. The molecule has 0 saturated carbocycles. The number of aromatic carboxylic acids is 1. The van der Waals surface area contributed by atoms with Gasteiger partial charge in [0.15, 0.2) is 0 Å². The van der Waals surface area contributed by atoms with Crippen LogP contribution < -0.4 is 0 Å². The highest BCUT2D eigenvalue weighted by Crippen LogP contribution is 2.26. The first kappa shape index (κ1) is 13.5. The van der Waals surface area contributed by atoms with Gasteiger partial charge in [-0.3, -0.25) is 0 Å². The summed E-state index contributed by atoms with van der Waals surface area (Å²) in [5.41, 5.74) is 1.11. The number of carboxylic acids is 1. The lowest BCUT2D eigenvalue weighted by Gasteiger charge is -2.02. The maximum Gasteiger partial charge on any atom is 0.345 e. The fraction of sp³-hybridized carbons (Fsp3) is 0.154. The SMILES string of the molecule is O=C(O)c1ccc(CSCc2ccccc2Cl)s1. The van der Waals surface area contributed by atoms with Crippen molar-refractivity contribution in [1.29, 1.82) is 0 Å². The maximum atomic E-state index is 10.7. The van der Waals surface area contributed by atoms with Crippen LogP contribution in [0.1, 0.15) is 20.1 Å². The Bertz CT molecular complexity index is 551. The number of hydrogen-bond acceptors (Lipinski definition) is 3. The molecule has 0 atom stereocenters. The molecule has 0 amide bonds. The largest absolute Gasteiger partial charge is 0.477 e. The Balaban J connectivity index is 1.88. The molecule has 0 aliphatic carbocycles. The van der Waals surface area contributed by atoms with Gasteiger partial charge in [0.2, 0.25) is 0 Å². The van der Waals surface area contributed by atoms with E-state index in [-0.39, 0.29) is 0 Å². The molecule has 2 nitrogen and oxygen atoms in total. The third kappa shape index (κ3) is 3.51. The predicted octanol–water partition coefficient (Wildman–Crippen LogP) is 4.53. The molecular formula is C13H11ClO2S2. The maximum absolute atomic E-state index is 10.7. The molecule has 0 fully saturated rings. The number of hydrogen-bond donors (Lipinski definition) is 1.